The number of amides is 1. The zero-order valence-corrected chi connectivity index (χ0v) is 14.7. The zero-order valence-electron chi connectivity index (χ0n) is 14.7. The summed E-state index contributed by atoms with van der Waals surface area (Å²) in [6.07, 6.45) is 0. The van der Waals surface area contributed by atoms with E-state index in [2.05, 4.69) is 10.3 Å². The van der Waals surface area contributed by atoms with Gasteiger partial charge in [-0.05, 0) is 38.4 Å². The summed E-state index contributed by atoms with van der Waals surface area (Å²) >= 11 is 0. The molecule has 0 saturated carbocycles. The Morgan fingerprint density at radius 3 is 2.64 bits per heavy atom. The van der Waals surface area contributed by atoms with Crippen LogP contribution in [0.3, 0.4) is 0 Å². The number of para-hydroxylation sites is 4. The van der Waals surface area contributed by atoms with Gasteiger partial charge in [-0.1, -0.05) is 24.3 Å². The first-order chi connectivity index (χ1) is 12.1. The van der Waals surface area contributed by atoms with Crippen LogP contribution < -0.4 is 10.1 Å². The molecular formula is C19H22N4O2. The maximum absolute atomic E-state index is 12.6. The van der Waals surface area contributed by atoms with Gasteiger partial charge in [0.2, 0.25) is 5.91 Å². The van der Waals surface area contributed by atoms with Gasteiger partial charge in [0.1, 0.15) is 18.1 Å². The van der Waals surface area contributed by atoms with Crippen molar-refractivity contribution in [1.29, 1.82) is 0 Å². The molecule has 6 nitrogen and oxygen atoms in total. The minimum Gasteiger partial charge on any atom is -0.495 e. The fraction of sp³-hybridized carbons (Fsp3) is 0.263. The summed E-state index contributed by atoms with van der Waals surface area (Å²) in [5, 5.41) is 2.92. The molecule has 0 aliphatic rings. The molecule has 130 valence electrons. The average molecular weight is 338 g/mol. The van der Waals surface area contributed by atoms with Crippen LogP contribution >= 0.6 is 0 Å². The largest absolute Gasteiger partial charge is 0.495 e. The molecule has 3 rings (SSSR count). The molecule has 0 radical (unpaired) electrons. The van der Waals surface area contributed by atoms with Gasteiger partial charge in [-0.3, -0.25) is 4.79 Å². The van der Waals surface area contributed by atoms with Gasteiger partial charge in [0, 0.05) is 0 Å². The van der Waals surface area contributed by atoms with Crippen LogP contribution in [0.25, 0.3) is 11.0 Å². The lowest BCUT2D eigenvalue weighted by atomic mass is 10.3. The Hall–Kier alpha value is -2.86. The van der Waals surface area contributed by atoms with Crippen LogP contribution in [0.1, 0.15) is 5.82 Å². The highest BCUT2D eigenvalue weighted by molar-refractivity contribution is 5.93. The predicted molar refractivity (Wildman–Crippen MR) is 98.7 cm³/mol. The van der Waals surface area contributed by atoms with Gasteiger partial charge in [0.15, 0.2) is 0 Å². The lowest BCUT2D eigenvalue weighted by molar-refractivity contribution is -0.116. The standard InChI is InChI=1S/C19H22N4O2/c1-22(2)12-18-20-14-8-4-6-10-16(14)23(18)13-19(24)21-15-9-5-7-11-17(15)25-3/h4-11H,12-13H2,1-3H3,(H,21,24). The molecule has 0 atom stereocenters. The molecule has 0 aliphatic carbocycles. The number of anilines is 1. The molecule has 1 amide bonds. The number of aromatic nitrogens is 2. The molecule has 1 heterocycles. The van der Waals surface area contributed by atoms with E-state index in [4.69, 9.17) is 4.74 Å². The van der Waals surface area contributed by atoms with E-state index >= 15 is 0 Å². The summed E-state index contributed by atoms with van der Waals surface area (Å²) in [6, 6.07) is 15.2. The molecule has 3 aromatic rings. The zero-order chi connectivity index (χ0) is 17.8. The third kappa shape index (κ3) is 3.80. The molecular weight excluding hydrogens is 316 g/mol. The fourth-order valence-corrected chi connectivity index (χ4v) is 2.79. The second-order valence-electron chi connectivity index (χ2n) is 6.09. The molecule has 1 N–H and O–H groups in total. The smallest absolute Gasteiger partial charge is 0.244 e. The third-order valence-corrected chi connectivity index (χ3v) is 3.87. The number of carbonyl (C=O) groups is 1. The van der Waals surface area contributed by atoms with E-state index in [-0.39, 0.29) is 12.5 Å². The number of carbonyl (C=O) groups excluding carboxylic acids is 1. The van der Waals surface area contributed by atoms with Gasteiger partial charge in [-0.15, -0.1) is 0 Å². The normalized spacial score (nSPS) is 11.0. The first-order valence-electron chi connectivity index (χ1n) is 8.10. The Labute approximate surface area is 147 Å². The number of methoxy groups -OCH3 is 1. The van der Waals surface area contributed by atoms with Crippen molar-refractivity contribution in [3.8, 4) is 5.75 Å². The van der Waals surface area contributed by atoms with E-state index in [0.717, 1.165) is 16.9 Å². The number of hydrogen-bond acceptors (Lipinski definition) is 4. The second kappa shape index (κ2) is 7.36. The monoisotopic (exact) mass is 338 g/mol. The second-order valence-corrected chi connectivity index (χ2v) is 6.09. The number of nitrogens with one attached hydrogen (secondary N) is 1. The van der Waals surface area contributed by atoms with Crippen molar-refractivity contribution in [2.75, 3.05) is 26.5 Å². The topological polar surface area (TPSA) is 59.4 Å². The molecule has 2 aromatic carbocycles. The maximum atomic E-state index is 12.6. The molecule has 0 saturated heterocycles. The van der Waals surface area contributed by atoms with Crippen LogP contribution in [0.15, 0.2) is 48.5 Å². The van der Waals surface area contributed by atoms with E-state index in [0.29, 0.717) is 18.0 Å². The summed E-state index contributed by atoms with van der Waals surface area (Å²) in [5.41, 5.74) is 2.51. The van der Waals surface area contributed by atoms with Crippen molar-refractivity contribution in [2.45, 2.75) is 13.1 Å². The number of nitrogens with zero attached hydrogens (tertiary/aromatic N) is 3. The van der Waals surface area contributed by atoms with Gasteiger partial charge >= 0.3 is 0 Å². The number of benzene rings is 2. The van der Waals surface area contributed by atoms with Crippen LogP contribution in [0.5, 0.6) is 5.75 Å². The van der Waals surface area contributed by atoms with Gasteiger partial charge in [0.05, 0.1) is 30.4 Å². The number of rotatable bonds is 6. The molecule has 0 unspecified atom stereocenters. The molecule has 0 spiro atoms. The molecule has 0 bridgehead atoms. The Kier molecular flexibility index (Phi) is 5.00. The molecule has 25 heavy (non-hydrogen) atoms. The highest BCUT2D eigenvalue weighted by Crippen LogP contribution is 2.23. The molecule has 6 heteroatoms. The third-order valence-electron chi connectivity index (χ3n) is 3.87. The Bertz CT molecular complexity index is 886. The molecule has 0 aliphatic heterocycles. The quantitative estimate of drug-likeness (QED) is 0.751. The van der Waals surface area contributed by atoms with E-state index in [1.54, 1.807) is 7.11 Å². The van der Waals surface area contributed by atoms with Gasteiger partial charge in [-0.25, -0.2) is 4.98 Å². The lowest BCUT2D eigenvalue weighted by Crippen LogP contribution is -2.22. The van der Waals surface area contributed by atoms with Gasteiger partial charge in [-0.2, -0.15) is 0 Å². The highest BCUT2D eigenvalue weighted by Gasteiger charge is 2.15. The van der Waals surface area contributed by atoms with Crippen molar-refractivity contribution in [3.05, 3.63) is 54.4 Å². The fourth-order valence-electron chi connectivity index (χ4n) is 2.79. The summed E-state index contributed by atoms with van der Waals surface area (Å²) in [5.74, 6) is 1.38. The van der Waals surface area contributed by atoms with E-state index in [9.17, 15) is 4.79 Å². The minimum absolute atomic E-state index is 0.118. The van der Waals surface area contributed by atoms with Crippen LogP contribution in [-0.2, 0) is 17.9 Å². The van der Waals surface area contributed by atoms with Crippen LogP contribution in [-0.4, -0.2) is 41.6 Å². The number of imidazole rings is 1. The van der Waals surface area contributed by atoms with Crippen molar-refractivity contribution >= 4 is 22.6 Å². The Morgan fingerprint density at radius 2 is 1.88 bits per heavy atom. The van der Waals surface area contributed by atoms with Crippen molar-refractivity contribution in [1.82, 2.24) is 14.5 Å². The van der Waals surface area contributed by atoms with E-state index < -0.39 is 0 Å². The SMILES string of the molecule is COc1ccccc1NC(=O)Cn1c(CN(C)C)nc2ccccc21. The van der Waals surface area contributed by atoms with E-state index in [1.807, 2.05) is 72.1 Å². The van der Waals surface area contributed by atoms with Crippen LogP contribution in [0.2, 0.25) is 0 Å². The Balaban J connectivity index is 1.87. The van der Waals surface area contributed by atoms with Crippen LogP contribution in [0, 0.1) is 0 Å². The highest BCUT2D eigenvalue weighted by atomic mass is 16.5. The van der Waals surface area contributed by atoms with Crippen molar-refractivity contribution < 1.29 is 9.53 Å². The van der Waals surface area contributed by atoms with E-state index in [1.165, 1.54) is 0 Å². The van der Waals surface area contributed by atoms with Gasteiger partial charge in [0.25, 0.3) is 0 Å². The number of ether oxygens (including phenoxy) is 1. The lowest BCUT2D eigenvalue weighted by Gasteiger charge is -2.14. The minimum atomic E-state index is -0.118. The van der Waals surface area contributed by atoms with Gasteiger partial charge < -0.3 is 19.5 Å². The average Bonchev–Trinajstić information content (AvgIpc) is 2.92. The summed E-state index contributed by atoms with van der Waals surface area (Å²) in [6.45, 7) is 0.859. The molecule has 0 fully saturated rings. The van der Waals surface area contributed by atoms with Crippen LogP contribution in [0.4, 0.5) is 5.69 Å². The first-order valence-corrected chi connectivity index (χ1v) is 8.10. The summed E-state index contributed by atoms with van der Waals surface area (Å²) < 4.78 is 7.25. The first kappa shape index (κ1) is 17.0. The number of fused-ring (bicyclic) bond motifs is 1. The molecule has 1 aromatic heterocycles. The maximum Gasteiger partial charge on any atom is 0.244 e. The summed E-state index contributed by atoms with van der Waals surface area (Å²) in [4.78, 5) is 19.3. The Morgan fingerprint density at radius 1 is 1.16 bits per heavy atom. The van der Waals surface area contributed by atoms with Crippen molar-refractivity contribution in [2.24, 2.45) is 0 Å². The van der Waals surface area contributed by atoms with Crippen molar-refractivity contribution in [3.63, 3.8) is 0 Å². The number of hydrogen-bond donors (Lipinski definition) is 1. The summed E-state index contributed by atoms with van der Waals surface area (Å²) in [7, 11) is 5.56. The predicted octanol–water partition coefficient (Wildman–Crippen LogP) is 2.75.